The van der Waals surface area contributed by atoms with E-state index in [2.05, 4.69) is 205 Å². The maximum atomic E-state index is 2.44. The molecule has 250 valence electrons. The molecule has 0 unspecified atom stereocenters. The second kappa shape index (κ2) is 11.0. The van der Waals surface area contributed by atoms with Crippen molar-refractivity contribution < 1.29 is 0 Å². The van der Waals surface area contributed by atoms with Crippen LogP contribution in [0.25, 0.3) is 82.8 Å². The minimum atomic E-state index is -0.319. The van der Waals surface area contributed by atoms with Crippen molar-refractivity contribution in [3.63, 3.8) is 0 Å². The summed E-state index contributed by atoms with van der Waals surface area (Å²) >= 11 is 0. The van der Waals surface area contributed by atoms with E-state index in [0.717, 1.165) is 0 Å². The Morgan fingerprint density at radius 2 is 0.796 bits per heavy atom. The van der Waals surface area contributed by atoms with Gasteiger partial charge in [-0.3, -0.25) is 0 Å². The summed E-state index contributed by atoms with van der Waals surface area (Å²) in [6.45, 7) is 0. The summed E-state index contributed by atoms with van der Waals surface area (Å²) in [4.78, 5) is 0. The Morgan fingerprint density at radius 1 is 0.296 bits per heavy atom. The summed E-state index contributed by atoms with van der Waals surface area (Å²) in [6.07, 6.45) is 0. The minimum Gasteiger partial charge on any atom is -0.309 e. The molecule has 0 radical (unpaired) electrons. The third kappa shape index (κ3) is 3.88. The summed E-state index contributed by atoms with van der Waals surface area (Å²) in [5.41, 5.74) is 19.0. The van der Waals surface area contributed by atoms with Crippen molar-refractivity contribution in [2.45, 2.75) is 5.41 Å². The normalized spacial score (nSPS) is 13.3. The monoisotopic (exact) mass is 683 g/mol. The van der Waals surface area contributed by atoms with Crippen molar-refractivity contribution in [2.75, 3.05) is 0 Å². The fraction of sp³-hybridized carbons (Fsp3) is 0.0189. The number of para-hydroxylation sites is 1. The Kier molecular flexibility index (Phi) is 6.04. The first-order valence-electron chi connectivity index (χ1n) is 18.8. The first-order valence-corrected chi connectivity index (χ1v) is 18.8. The minimum absolute atomic E-state index is 0.319. The van der Waals surface area contributed by atoms with Gasteiger partial charge in [-0.05, 0) is 109 Å². The largest absolute Gasteiger partial charge is 0.309 e. The van der Waals surface area contributed by atoms with Crippen LogP contribution in [-0.4, -0.2) is 4.57 Å². The molecule has 9 aromatic carbocycles. The molecular weight excluding hydrogens is 651 g/mol. The lowest BCUT2D eigenvalue weighted by Gasteiger charge is -2.30. The fourth-order valence-corrected chi connectivity index (χ4v) is 9.97. The van der Waals surface area contributed by atoms with Crippen LogP contribution >= 0.6 is 0 Å². The van der Waals surface area contributed by atoms with Gasteiger partial charge in [0.2, 0.25) is 0 Å². The lowest BCUT2D eigenvalue weighted by atomic mass is 9.70. The lowest BCUT2D eigenvalue weighted by molar-refractivity contribution is 0.794. The zero-order valence-corrected chi connectivity index (χ0v) is 29.5. The molecule has 0 bridgehead atoms. The van der Waals surface area contributed by atoms with Gasteiger partial charge in [0.25, 0.3) is 0 Å². The Balaban J connectivity index is 1.00. The quantitative estimate of drug-likeness (QED) is 0.175. The molecule has 1 heteroatoms. The molecule has 54 heavy (non-hydrogen) atoms. The predicted octanol–water partition coefficient (Wildman–Crippen LogP) is 13.6. The van der Waals surface area contributed by atoms with Gasteiger partial charge < -0.3 is 4.57 Å². The first-order chi connectivity index (χ1) is 26.8. The summed E-state index contributed by atoms with van der Waals surface area (Å²) < 4.78 is 2.43. The number of hydrogen-bond acceptors (Lipinski definition) is 0. The van der Waals surface area contributed by atoms with Crippen LogP contribution in [0.4, 0.5) is 0 Å². The van der Waals surface area contributed by atoms with Gasteiger partial charge in [0, 0.05) is 16.2 Å². The summed E-state index contributed by atoms with van der Waals surface area (Å²) in [5, 5.41) is 5.03. The summed E-state index contributed by atoms with van der Waals surface area (Å²) in [6, 6.07) is 74.4. The van der Waals surface area contributed by atoms with Crippen LogP contribution in [-0.2, 0) is 5.41 Å². The van der Waals surface area contributed by atoms with Crippen LogP contribution in [0.3, 0.4) is 0 Å². The smallest absolute Gasteiger partial charge is 0.0725 e. The van der Waals surface area contributed by atoms with Crippen molar-refractivity contribution in [1.82, 2.24) is 4.57 Å². The Labute approximate surface area is 314 Å². The standard InChI is InChI=1S/C53H33N/c1-2-17-39-34(13-1)14-12-26-50(39)54-51-25-10-6-21-43(51)45-33-38(28-30-52(45)54)36-16-11-15-35(31-36)37-27-29-49-44(32-37)42-20-5-9-24-48(42)53(49)46-22-7-3-18-40(46)41-19-4-8-23-47(41)53/h1-33H. The van der Waals surface area contributed by atoms with E-state index >= 15 is 0 Å². The van der Waals surface area contributed by atoms with Crippen molar-refractivity contribution in [1.29, 1.82) is 0 Å². The molecule has 0 amide bonds. The summed E-state index contributed by atoms with van der Waals surface area (Å²) in [5.74, 6) is 0. The highest BCUT2D eigenvalue weighted by Crippen LogP contribution is 2.63. The first kappa shape index (κ1) is 29.6. The highest BCUT2D eigenvalue weighted by Gasteiger charge is 2.51. The summed E-state index contributed by atoms with van der Waals surface area (Å²) in [7, 11) is 0. The van der Waals surface area contributed by atoms with Gasteiger partial charge in [-0.15, -0.1) is 0 Å². The molecule has 0 N–H and O–H groups in total. The van der Waals surface area contributed by atoms with Crippen molar-refractivity contribution in [3.05, 3.63) is 222 Å². The molecule has 2 aliphatic rings. The van der Waals surface area contributed by atoms with Crippen LogP contribution in [0.2, 0.25) is 0 Å². The molecule has 1 aromatic heterocycles. The average Bonchev–Trinajstić information content (AvgIpc) is 3.85. The van der Waals surface area contributed by atoms with Gasteiger partial charge in [-0.1, -0.05) is 164 Å². The van der Waals surface area contributed by atoms with Gasteiger partial charge in [-0.2, -0.15) is 0 Å². The zero-order valence-electron chi connectivity index (χ0n) is 29.5. The van der Waals surface area contributed by atoms with Crippen molar-refractivity contribution in [3.8, 4) is 50.2 Å². The van der Waals surface area contributed by atoms with E-state index in [1.807, 2.05) is 0 Å². The second-order valence-electron chi connectivity index (χ2n) is 14.8. The fourth-order valence-electron chi connectivity index (χ4n) is 9.97. The molecule has 12 rings (SSSR count). The van der Waals surface area contributed by atoms with Gasteiger partial charge in [0.15, 0.2) is 0 Å². The molecule has 1 heterocycles. The van der Waals surface area contributed by atoms with E-state index in [0.29, 0.717) is 0 Å². The Morgan fingerprint density at radius 3 is 1.54 bits per heavy atom. The lowest BCUT2D eigenvalue weighted by Crippen LogP contribution is -2.25. The van der Waals surface area contributed by atoms with E-state index in [9.17, 15) is 0 Å². The SMILES string of the molecule is c1cc(-c2ccc3c(c2)-c2ccccc2C32c3ccccc3-c3ccccc32)cc(-c2ccc3c(c2)c2ccccc2n3-c2cccc3ccccc23)c1. The maximum absolute atomic E-state index is 2.44. The highest BCUT2D eigenvalue weighted by atomic mass is 15.0. The second-order valence-corrected chi connectivity index (χ2v) is 14.8. The number of benzene rings is 9. The van der Waals surface area contributed by atoms with Crippen molar-refractivity contribution in [2.24, 2.45) is 0 Å². The van der Waals surface area contributed by atoms with E-state index < -0.39 is 0 Å². The predicted molar refractivity (Wildman–Crippen MR) is 225 cm³/mol. The van der Waals surface area contributed by atoms with Crippen LogP contribution in [0.5, 0.6) is 0 Å². The highest BCUT2D eigenvalue weighted by molar-refractivity contribution is 6.11. The number of aromatic nitrogens is 1. The van der Waals surface area contributed by atoms with E-state index in [4.69, 9.17) is 0 Å². The molecule has 0 saturated carbocycles. The van der Waals surface area contributed by atoms with Gasteiger partial charge in [0.05, 0.1) is 22.1 Å². The molecule has 0 aliphatic heterocycles. The molecular formula is C53H33N. The number of hydrogen-bond donors (Lipinski definition) is 0. The van der Waals surface area contributed by atoms with Crippen LogP contribution in [0.15, 0.2) is 200 Å². The Hall–Kier alpha value is -6.96. The Bertz CT molecular complexity index is 3120. The van der Waals surface area contributed by atoms with E-state index in [1.165, 1.54) is 105 Å². The van der Waals surface area contributed by atoms with Gasteiger partial charge >= 0.3 is 0 Å². The van der Waals surface area contributed by atoms with E-state index in [1.54, 1.807) is 0 Å². The van der Waals surface area contributed by atoms with E-state index in [-0.39, 0.29) is 5.41 Å². The molecule has 10 aromatic rings. The average molecular weight is 684 g/mol. The maximum Gasteiger partial charge on any atom is 0.0725 e. The van der Waals surface area contributed by atoms with Crippen LogP contribution < -0.4 is 0 Å². The molecule has 0 fully saturated rings. The molecule has 2 aliphatic carbocycles. The number of rotatable bonds is 3. The molecule has 1 spiro atoms. The van der Waals surface area contributed by atoms with Gasteiger partial charge in [-0.25, -0.2) is 0 Å². The van der Waals surface area contributed by atoms with Crippen LogP contribution in [0.1, 0.15) is 22.3 Å². The third-order valence-corrected chi connectivity index (χ3v) is 12.2. The van der Waals surface area contributed by atoms with Gasteiger partial charge in [0.1, 0.15) is 0 Å². The third-order valence-electron chi connectivity index (χ3n) is 12.2. The molecule has 0 atom stereocenters. The zero-order chi connectivity index (χ0) is 35.4. The number of fused-ring (bicyclic) bond motifs is 14. The topological polar surface area (TPSA) is 4.93 Å². The van der Waals surface area contributed by atoms with Crippen LogP contribution in [0, 0.1) is 0 Å². The molecule has 1 nitrogen and oxygen atoms in total. The molecule has 0 saturated heterocycles. The number of nitrogens with zero attached hydrogens (tertiary/aromatic N) is 1. The van der Waals surface area contributed by atoms with Crippen molar-refractivity contribution >= 4 is 32.6 Å².